The summed E-state index contributed by atoms with van der Waals surface area (Å²) in [6.07, 6.45) is 0. The van der Waals surface area contributed by atoms with Crippen LogP contribution in [-0.4, -0.2) is 22.7 Å². The summed E-state index contributed by atoms with van der Waals surface area (Å²) in [5, 5.41) is 15.7. The number of nitrogens with zero attached hydrogens (tertiary/aromatic N) is 1. The molecule has 2 heterocycles. The number of nitrogens with one attached hydrogen (secondary N) is 1. The standard InChI is InChI=1S/C16H12N2O3S2/c1-9(12-6-7-14(23-12)16(20)21)17-18-15(19)11-8-22-13-5-3-2-4-10(11)13/h2-8H,1H3,(H,18,19)(H,20,21)/b17-9-. The Kier molecular flexibility index (Phi) is 4.22. The quantitative estimate of drug-likeness (QED) is 0.558. The second kappa shape index (κ2) is 6.31. The van der Waals surface area contributed by atoms with E-state index < -0.39 is 5.97 Å². The minimum atomic E-state index is -0.970. The predicted molar refractivity (Wildman–Crippen MR) is 92.8 cm³/mol. The SMILES string of the molecule is C/C(=N/NC(=O)c1csc2ccccc12)c1ccc(C(=O)O)s1. The molecule has 0 atom stereocenters. The van der Waals surface area contributed by atoms with Crippen LogP contribution in [0.3, 0.4) is 0 Å². The highest BCUT2D eigenvalue weighted by molar-refractivity contribution is 7.17. The van der Waals surface area contributed by atoms with E-state index in [0.717, 1.165) is 21.4 Å². The molecule has 0 radical (unpaired) electrons. The average molecular weight is 344 g/mol. The van der Waals surface area contributed by atoms with Crippen LogP contribution >= 0.6 is 22.7 Å². The van der Waals surface area contributed by atoms with Crippen LogP contribution in [0.25, 0.3) is 10.1 Å². The molecular formula is C16H12N2O3S2. The van der Waals surface area contributed by atoms with Crippen LogP contribution in [0.2, 0.25) is 0 Å². The normalized spacial score (nSPS) is 11.6. The maximum absolute atomic E-state index is 12.3. The fourth-order valence-electron chi connectivity index (χ4n) is 2.05. The number of hydrogen-bond acceptors (Lipinski definition) is 5. The highest BCUT2D eigenvalue weighted by Gasteiger charge is 2.12. The third-order valence-corrected chi connectivity index (χ3v) is 5.37. The van der Waals surface area contributed by atoms with Gasteiger partial charge in [-0.3, -0.25) is 4.79 Å². The number of hydrazone groups is 1. The van der Waals surface area contributed by atoms with Gasteiger partial charge < -0.3 is 5.11 Å². The largest absolute Gasteiger partial charge is 0.477 e. The molecule has 0 saturated carbocycles. The summed E-state index contributed by atoms with van der Waals surface area (Å²) in [4.78, 5) is 24.1. The fourth-order valence-corrected chi connectivity index (χ4v) is 3.78. The van der Waals surface area contributed by atoms with Crippen molar-refractivity contribution in [2.24, 2.45) is 5.10 Å². The van der Waals surface area contributed by atoms with Crippen molar-refractivity contribution in [1.29, 1.82) is 0 Å². The number of carbonyl (C=O) groups excluding carboxylic acids is 1. The van der Waals surface area contributed by atoms with Gasteiger partial charge in [-0.15, -0.1) is 22.7 Å². The van der Waals surface area contributed by atoms with Crippen molar-refractivity contribution >= 4 is 50.3 Å². The minimum absolute atomic E-state index is 0.240. The Labute approximate surface area is 139 Å². The molecule has 3 rings (SSSR count). The molecule has 5 nitrogen and oxygen atoms in total. The van der Waals surface area contributed by atoms with Gasteiger partial charge in [0.05, 0.1) is 16.2 Å². The smallest absolute Gasteiger partial charge is 0.345 e. The van der Waals surface area contributed by atoms with Crippen LogP contribution in [0.4, 0.5) is 0 Å². The monoisotopic (exact) mass is 344 g/mol. The van der Waals surface area contributed by atoms with E-state index in [2.05, 4.69) is 10.5 Å². The van der Waals surface area contributed by atoms with Crippen molar-refractivity contribution in [2.45, 2.75) is 6.92 Å². The lowest BCUT2D eigenvalue weighted by Gasteiger charge is -2.00. The Morgan fingerprint density at radius 2 is 1.87 bits per heavy atom. The summed E-state index contributed by atoms with van der Waals surface area (Å²) in [5.41, 5.74) is 3.68. The molecule has 2 N–H and O–H groups in total. The predicted octanol–water partition coefficient (Wildman–Crippen LogP) is 3.82. The van der Waals surface area contributed by atoms with E-state index in [1.54, 1.807) is 18.4 Å². The molecule has 0 aliphatic rings. The molecule has 7 heteroatoms. The molecule has 2 aromatic heterocycles. The molecule has 0 aliphatic carbocycles. The lowest BCUT2D eigenvalue weighted by molar-refractivity contribution is 0.0702. The number of rotatable bonds is 4. The summed E-state index contributed by atoms with van der Waals surface area (Å²) >= 11 is 2.63. The van der Waals surface area contributed by atoms with Gasteiger partial charge in [-0.2, -0.15) is 5.10 Å². The topological polar surface area (TPSA) is 78.8 Å². The number of aromatic carboxylic acids is 1. The Hall–Kier alpha value is -2.51. The molecule has 3 aromatic rings. The van der Waals surface area contributed by atoms with Gasteiger partial charge in [0.25, 0.3) is 5.91 Å². The van der Waals surface area contributed by atoms with Gasteiger partial charge in [-0.05, 0) is 25.1 Å². The number of hydrogen-bond donors (Lipinski definition) is 2. The Morgan fingerprint density at radius 3 is 2.61 bits per heavy atom. The molecule has 0 fully saturated rings. The lowest BCUT2D eigenvalue weighted by Crippen LogP contribution is -2.18. The Balaban J connectivity index is 1.78. The minimum Gasteiger partial charge on any atom is -0.477 e. The van der Waals surface area contributed by atoms with Crippen molar-refractivity contribution < 1.29 is 14.7 Å². The van der Waals surface area contributed by atoms with Gasteiger partial charge in [0.1, 0.15) is 4.88 Å². The van der Waals surface area contributed by atoms with Gasteiger partial charge in [-0.25, -0.2) is 10.2 Å². The van der Waals surface area contributed by atoms with Crippen LogP contribution in [0.1, 0.15) is 31.8 Å². The van der Waals surface area contributed by atoms with E-state index in [1.807, 2.05) is 24.3 Å². The lowest BCUT2D eigenvalue weighted by atomic mass is 10.2. The molecule has 0 spiro atoms. The molecule has 0 unspecified atom stereocenters. The van der Waals surface area contributed by atoms with Crippen LogP contribution in [-0.2, 0) is 0 Å². The number of carboxylic acids is 1. The van der Waals surface area contributed by atoms with Crippen LogP contribution < -0.4 is 5.43 Å². The average Bonchev–Trinajstić information content (AvgIpc) is 3.19. The van der Waals surface area contributed by atoms with E-state index in [-0.39, 0.29) is 10.8 Å². The van der Waals surface area contributed by atoms with E-state index >= 15 is 0 Å². The van der Waals surface area contributed by atoms with Gasteiger partial charge in [0.15, 0.2) is 0 Å². The van der Waals surface area contributed by atoms with Gasteiger partial charge in [0, 0.05) is 15.5 Å². The molecule has 0 saturated heterocycles. The third kappa shape index (κ3) is 3.15. The number of thiophene rings is 2. The molecule has 116 valence electrons. The van der Waals surface area contributed by atoms with E-state index in [1.165, 1.54) is 17.4 Å². The summed E-state index contributed by atoms with van der Waals surface area (Å²) in [5.74, 6) is -1.25. The van der Waals surface area contributed by atoms with E-state index in [0.29, 0.717) is 16.2 Å². The van der Waals surface area contributed by atoms with Crippen molar-refractivity contribution in [3.05, 3.63) is 57.1 Å². The number of carboxylic acid groups (broad SMARTS) is 1. The molecule has 1 amide bonds. The van der Waals surface area contributed by atoms with Crippen molar-refractivity contribution in [3.8, 4) is 0 Å². The number of amides is 1. The van der Waals surface area contributed by atoms with Gasteiger partial charge in [-0.1, -0.05) is 18.2 Å². The van der Waals surface area contributed by atoms with Crippen molar-refractivity contribution in [1.82, 2.24) is 5.43 Å². The first-order chi connectivity index (χ1) is 11.1. The van der Waals surface area contributed by atoms with Crippen LogP contribution in [0, 0.1) is 0 Å². The zero-order valence-electron chi connectivity index (χ0n) is 12.1. The number of carbonyl (C=O) groups is 2. The van der Waals surface area contributed by atoms with Crippen molar-refractivity contribution in [2.75, 3.05) is 0 Å². The van der Waals surface area contributed by atoms with Crippen LogP contribution in [0.5, 0.6) is 0 Å². The van der Waals surface area contributed by atoms with Crippen LogP contribution in [0.15, 0.2) is 46.9 Å². The van der Waals surface area contributed by atoms with E-state index in [9.17, 15) is 9.59 Å². The first-order valence-electron chi connectivity index (χ1n) is 6.70. The maximum Gasteiger partial charge on any atom is 0.345 e. The van der Waals surface area contributed by atoms with E-state index in [4.69, 9.17) is 5.11 Å². The summed E-state index contributed by atoms with van der Waals surface area (Å²) in [6, 6.07) is 10.9. The summed E-state index contributed by atoms with van der Waals surface area (Å²) in [7, 11) is 0. The zero-order chi connectivity index (χ0) is 16.4. The first kappa shape index (κ1) is 15.4. The highest BCUT2D eigenvalue weighted by atomic mass is 32.1. The summed E-state index contributed by atoms with van der Waals surface area (Å²) in [6.45, 7) is 1.73. The molecule has 0 bridgehead atoms. The third-order valence-electron chi connectivity index (χ3n) is 3.22. The van der Waals surface area contributed by atoms with Gasteiger partial charge in [0.2, 0.25) is 0 Å². The Bertz CT molecular complexity index is 924. The molecule has 0 aliphatic heterocycles. The van der Waals surface area contributed by atoms with Gasteiger partial charge >= 0.3 is 5.97 Å². The first-order valence-corrected chi connectivity index (χ1v) is 8.40. The van der Waals surface area contributed by atoms with Crippen molar-refractivity contribution in [3.63, 3.8) is 0 Å². The zero-order valence-corrected chi connectivity index (χ0v) is 13.7. The highest BCUT2D eigenvalue weighted by Crippen LogP contribution is 2.25. The molecule has 23 heavy (non-hydrogen) atoms. The molecule has 1 aromatic carbocycles. The fraction of sp³-hybridized carbons (Fsp3) is 0.0625. The Morgan fingerprint density at radius 1 is 1.13 bits per heavy atom. The second-order valence-corrected chi connectivity index (χ2v) is 6.75. The number of fused-ring (bicyclic) bond motifs is 1. The maximum atomic E-state index is 12.3. The second-order valence-electron chi connectivity index (χ2n) is 4.75. The summed E-state index contributed by atoms with van der Waals surface area (Å²) < 4.78 is 1.04. The molecular weight excluding hydrogens is 332 g/mol. The number of benzene rings is 1.